The minimum absolute atomic E-state index is 0. The van der Waals surface area contributed by atoms with Gasteiger partial charge in [0, 0.05) is 19.5 Å². The fourth-order valence-electron chi connectivity index (χ4n) is 1.43. The van der Waals surface area contributed by atoms with Crippen LogP contribution in [-0.4, -0.2) is 0 Å². The minimum atomic E-state index is 0. The third-order valence-electron chi connectivity index (χ3n) is 2.53. The average molecular weight is 339 g/mol. The van der Waals surface area contributed by atoms with Gasteiger partial charge in [0.15, 0.2) is 0 Å². The molecule has 22 heavy (non-hydrogen) atoms. The first-order valence-corrected chi connectivity index (χ1v) is 6.79. The van der Waals surface area contributed by atoms with Gasteiger partial charge >= 0.3 is 0 Å². The molecule has 0 heterocycles. The molecule has 0 N–H and O–H groups in total. The Balaban J connectivity index is 0.000000294. The van der Waals surface area contributed by atoms with E-state index in [0.29, 0.717) is 0 Å². The molecule has 0 nitrogen and oxygen atoms in total. The van der Waals surface area contributed by atoms with E-state index in [1.807, 2.05) is 91.0 Å². The molecule has 110 valence electrons. The summed E-state index contributed by atoms with van der Waals surface area (Å²) in [6.07, 6.45) is 0. The predicted octanol–water partition coefficient (Wildman–Crippen LogP) is 5.60. The maximum atomic E-state index is 3.72. The van der Waals surface area contributed by atoms with Gasteiger partial charge in [0.05, 0.1) is 0 Å². The van der Waals surface area contributed by atoms with Crippen LogP contribution in [0.4, 0.5) is 0 Å². The molecule has 0 aliphatic rings. The Hall–Kier alpha value is -2.11. The normalized spacial score (nSPS) is 8.18. The van der Waals surface area contributed by atoms with Crippen LogP contribution in [0.2, 0.25) is 0 Å². The van der Waals surface area contributed by atoms with Crippen molar-refractivity contribution in [3.63, 3.8) is 0 Å². The van der Waals surface area contributed by atoms with E-state index < -0.39 is 0 Å². The molecule has 0 aromatic heterocycles. The van der Waals surface area contributed by atoms with Crippen LogP contribution in [0.5, 0.6) is 0 Å². The van der Waals surface area contributed by atoms with Crippen molar-refractivity contribution < 1.29 is 19.5 Å². The van der Waals surface area contributed by atoms with Gasteiger partial charge in [-0.25, -0.2) is 0 Å². The Labute approximate surface area is 148 Å². The number of rotatable bonds is 0. The van der Waals surface area contributed by atoms with E-state index in [4.69, 9.17) is 0 Å². The molecule has 0 bridgehead atoms. The Bertz CT molecular complexity index is 485. The third-order valence-corrected chi connectivity index (χ3v) is 2.53. The van der Waals surface area contributed by atoms with Crippen LogP contribution in [0.25, 0.3) is 0 Å². The van der Waals surface area contributed by atoms with Gasteiger partial charge in [-0.1, -0.05) is 18.2 Å². The summed E-state index contributed by atoms with van der Waals surface area (Å²) in [4.78, 5) is 0. The summed E-state index contributed by atoms with van der Waals surface area (Å²) in [5.41, 5.74) is 3.22. The summed E-state index contributed by atoms with van der Waals surface area (Å²) in [6, 6.07) is 29.6. The van der Waals surface area contributed by atoms with Gasteiger partial charge in [-0.3, -0.25) is 0 Å². The minimum Gasteiger partial charge on any atom is -0.199 e. The third kappa shape index (κ3) is 10.7. The summed E-state index contributed by atoms with van der Waals surface area (Å²) in [5, 5.41) is 0. The maximum absolute atomic E-state index is 3.72. The first-order valence-electron chi connectivity index (χ1n) is 6.79. The Morgan fingerprint density at radius 3 is 0.636 bits per heavy atom. The molecule has 0 saturated carbocycles. The molecule has 0 unspecified atom stereocenters. The van der Waals surface area contributed by atoms with Crippen molar-refractivity contribution >= 4 is 0 Å². The zero-order valence-electron chi connectivity index (χ0n) is 13.0. The Morgan fingerprint density at radius 1 is 0.364 bits per heavy atom. The summed E-state index contributed by atoms with van der Waals surface area (Å²) >= 11 is 0. The second-order valence-corrected chi connectivity index (χ2v) is 4.46. The zero-order valence-corrected chi connectivity index (χ0v) is 16.0. The average Bonchev–Trinajstić information content (AvgIpc) is 2.51. The maximum Gasteiger partial charge on any atom is 0 e. The van der Waals surface area contributed by atoms with Gasteiger partial charge in [-0.15, -0.1) is 36.4 Å². The van der Waals surface area contributed by atoms with Gasteiger partial charge in [-0.2, -0.15) is 73.9 Å². The van der Waals surface area contributed by atoms with E-state index in [2.05, 4.69) is 20.8 Å². The van der Waals surface area contributed by atoms with Crippen molar-refractivity contribution in [3.05, 3.63) is 128 Å². The van der Waals surface area contributed by atoms with E-state index in [1.165, 1.54) is 0 Å². The zero-order chi connectivity index (χ0) is 15.3. The molecule has 0 aliphatic heterocycles. The van der Waals surface area contributed by atoms with Crippen LogP contribution in [0, 0.1) is 20.8 Å². The molecule has 0 saturated heterocycles. The SMILES string of the molecule is [CH2-]c1ccccc1.[CH2-]c1ccccc1.[CH2-]c1ccccc1.[Zn]. The molecule has 0 atom stereocenters. The van der Waals surface area contributed by atoms with E-state index >= 15 is 0 Å². The van der Waals surface area contributed by atoms with Gasteiger partial charge in [-0.05, 0) is 0 Å². The summed E-state index contributed by atoms with van der Waals surface area (Å²) < 4.78 is 0. The summed E-state index contributed by atoms with van der Waals surface area (Å²) in [7, 11) is 0. The van der Waals surface area contributed by atoms with Crippen molar-refractivity contribution in [1.82, 2.24) is 0 Å². The predicted molar refractivity (Wildman–Crippen MR) is 92.7 cm³/mol. The van der Waals surface area contributed by atoms with E-state index in [0.717, 1.165) is 16.7 Å². The van der Waals surface area contributed by atoms with Gasteiger partial charge in [0.2, 0.25) is 0 Å². The first kappa shape index (κ1) is 19.9. The molecular weight excluding hydrogens is 318 g/mol. The topological polar surface area (TPSA) is 0 Å². The molecule has 3 aromatic rings. The number of hydrogen-bond acceptors (Lipinski definition) is 0. The fourth-order valence-corrected chi connectivity index (χ4v) is 1.43. The van der Waals surface area contributed by atoms with E-state index in [9.17, 15) is 0 Å². The van der Waals surface area contributed by atoms with Crippen molar-refractivity contribution in [2.45, 2.75) is 0 Å². The van der Waals surface area contributed by atoms with Crippen molar-refractivity contribution in [2.24, 2.45) is 0 Å². The largest absolute Gasteiger partial charge is 0.199 e. The second-order valence-electron chi connectivity index (χ2n) is 4.46. The summed E-state index contributed by atoms with van der Waals surface area (Å²) in [6.45, 7) is 11.2. The number of hydrogen-bond donors (Lipinski definition) is 0. The van der Waals surface area contributed by atoms with Crippen LogP contribution in [-0.2, 0) is 19.5 Å². The first-order chi connectivity index (χ1) is 10.2. The van der Waals surface area contributed by atoms with E-state index in [1.54, 1.807) is 0 Å². The molecule has 0 aliphatic carbocycles. The van der Waals surface area contributed by atoms with Crippen LogP contribution in [0.1, 0.15) is 16.7 Å². The van der Waals surface area contributed by atoms with E-state index in [-0.39, 0.29) is 19.5 Å². The van der Waals surface area contributed by atoms with Crippen LogP contribution in [0.15, 0.2) is 91.0 Å². The standard InChI is InChI=1S/3C7H7.Zn/c3*1-7-5-3-2-4-6-7;/h3*2-6H,1H2;/q3*-1;. The van der Waals surface area contributed by atoms with Crippen molar-refractivity contribution in [3.8, 4) is 0 Å². The molecule has 1 heteroatoms. The molecule has 0 radical (unpaired) electrons. The van der Waals surface area contributed by atoms with Gasteiger partial charge in [0.25, 0.3) is 0 Å². The smallest absolute Gasteiger partial charge is 0 e. The monoisotopic (exact) mass is 337 g/mol. The van der Waals surface area contributed by atoms with Crippen LogP contribution in [0.3, 0.4) is 0 Å². The molecule has 3 rings (SSSR count). The van der Waals surface area contributed by atoms with Gasteiger partial charge < -0.3 is 0 Å². The molecular formula is C21H21Zn-3. The Morgan fingerprint density at radius 2 is 0.545 bits per heavy atom. The fraction of sp³-hybridized carbons (Fsp3) is 0. The quantitative estimate of drug-likeness (QED) is 0.369. The molecule has 0 amide bonds. The van der Waals surface area contributed by atoms with Gasteiger partial charge in [0.1, 0.15) is 0 Å². The summed E-state index contributed by atoms with van der Waals surface area (Å²) in [5.74, 6) is 0. The van der Waals surface area contributed by atoms with Crippen LogP contribution >= 0.6 is 0 Å². The molecule has 0 fully saturated rings. The van der Waals surface area contributed by atoms with Crippen molar-refractivity contribution in [1.29, 1.82) is 0 Å². The second kappa shape index (κ2) is 12.6. The van der Waals surface area contributed by atoms with Crippen molar-refractivity contribution in [2.75, 3.05) is 0 Å². The van der Waals surface area contributed by atoms with Crippen LogP contribution < -0.4 is 0 Å². The molecule has 3 aromatic carbocycles. The molecule has 0 spiro atoms. The number of benzene rings is 3. The Kier molecular flexibility index (Phi) is 11.4.